The van der Waals surface area contributed by atoms with Gasteiger partial charge in [-0.25, -0.2) is 9.97 Å². The van der Waals surface area contributed by atoms with Crippen LogP contribution in [0.15, 0.2) is 36.7 Å². The number of pyridine rings is 2. The molecule has 1 amide bonds. The summed E-state index contributed by atoms with van der Waals surface area (Å²) in [5.74, 6) is 1.56. The summed E-state index contributed by atoms with van der Waals surface area (Å²) in [5, 5.41) is 3.64. The van der Waals surface area contributed by atoms with Gasteiger partial charge in [-0.2, -0.15) is 0 Å². The summed E-state index contributed by atoms with van der Waals surface area (Å²) >= 11 is 5.89. The third kappa shape index (κ3) is 5.81. The average molecular weight is 405 g/mol. The van der Waals surface area contributed by atoms with Crippen LogP contribution in [0.3, 0.4) is 0 Å². The summed E-state index contributed by atoms with van der Waals surface area (Å²) in [6.45, 7) is 3.06. The number of piperidine rings is 1. The molecule has 0 aromatic carbocycles. The third-order valence-electron chi connectivity index (χ3n) is 4.70. The van der Waals surface area contributed by atoms with Crippen LogP contribution in [0, 0.1) is 5.92 Å². The first-order valence-electron chi connectivity index (χ1n) is 9.36. The number of amides is 1. The summed E-state index contributed by atoms with van der Waals surface area (Å²) in [4.78, 5) is 23.3. The highest BCUT2D eigenvalue weighted by Gasteiger charge is 2.25. The topological polar surface area (TPSA) is 76.6 Å². The first kappa shape index (κ1) is 20.4. The van der Waals surface area contributed by atoms with Crippen molar-refractivity contribution in [1.82, 2.24) is 15.3 Å². The molecular formula is C20H25ClN4O3. The predicted molar refractivity (Wildman–Crippen MR) is 108 cm³/mol. The molecule has 0 unspecified atom stereocenters. The van der Waals surface area contributed by atoms with Crippen molar-refractivity contribution in [3.05, 3.63) is 47.2 Å². The van der Waals surface area contributed by atoms with Gasteiger partial charge in [0.15, 0.2) is 0 Å². The molecule has 0 spiro atoms. The first-order chi connectivity index (χ1) is 13.7. The van der Waals surface area contributed by atoms with E-state index in [0.717, 1.165) is 37.3 Å². The Kier molecular flexibility index (Phi) is 7.45. The van der Waals surface area contributed by atoms with Crippen molar-refractivity contribution < 1.29 is 14.3 Å². The summed E-state index contributed by atoms with van der Waals surface area (Å²) in [6, 6.07) is 7.46. The minimum absolute atomic E-state index is 0.0214. The zero-order chi connectivity index (χ0) is 19.8. The number of nitrogens with zero attached hydrogens (tertiary/aromatic N) is 3. The van der Waals surface area contributed by atoms with Crippen molar-refractivity contribution >= 4 is 23.3 Å². The first-order valence-corrected chi connectivity index (χ1v) is 9.74. The molecule has 0 bridgehead atoms. The van der Waals surface area contributed by atoms with Crippen molar-refractivity contribution in [3.8, 4) is 5.88 Å². The highest BCUT2D eigenvalue weighted by atomic mass is 35.5. The second kappa shape index (κ2) is 10.2. The van der Waals surface area contributed by atoms with Gasteiger partial charge >= 0.3 is 0 Å². The van der Waals surface area contributed by atoms with Crippen molar-refractivity contribution in [2.75, 3.05) is 38.3 Å². The van der Waals surface area contributed by atoms with E-state index in [9.17, 15) is 4.79 Å². The lowest BCUT2D eigenvalue weighted by Gasteiger charge is -2.32. The molecule has 150 valence electrons. The minimum Gasteiger partial charge on any atom is -0.475 e. The van der Waals surface area contributed by atoms with E-state index in [1.165, 1.54) is 0 Å². The third-order valence-corrected chi connectivity index (χ3v) is 4.93. The van der Waals surface area contributed by atoms with Gasteiger partial charge in [-0.05, 0) is 30.5 Å². The molecule has 8 heteroatoms. The van der Waals surface area contributed by atoms with Gasteiger partial charge in [-0.15, -0.1) is 0 Å². The summed E-state index contributed by atoms with van der Waals surface area (Å²) < 4.78 is 10.4. The van der Waals surface area contributed by atoms with Crippen LogP contribution in [0.1, 0.15) is 18.4 Å². The summed E-state index contributed by atoms with van der Waals surface area (Å²) in [7, 11) is 1.63. The number of aromatic nitrogens is 2. The van der Waals surface area contributed by atoms with E-state index < -0.39 is 0 Å². The summed E-state index contributed by atoms with van der Waals surface area (Å²) in [6.07, 6.45) is 4.98. The SMILES string of the molecule is COCCOc1ccc(CNC(=O)C2CCN(c3ccc(Cl)cn3)CC2)cn1. The van der Waals surface area contributed by atoms with Crippen LogP contribution in [0.5, 0.6) is 5.88 Å². The van der Waals surface area contributed by atoms with Crippen LogP contribution >= 0.6 is 11.6 Å². The Morgan fingerprint density at radius 2 is 2.00 bits per heavy atom. The second-order valence-corrected chi connectivity index (χ2v) is 7.10. The molecule has 3 rings (SSSR count). The minimum atomic E-state index is 0.0214. The molecule has 0 radical (unpaired) electrons. The smallest absolute Gasteiger partial charge is 0.223 e. The standard InChI is InChI=1S/C20H25ClN4O3/c1-27-10-11-28-19-5-2-15(12-23-19)13-24-20(26)16-6-8-25(9-7-16)18-4-3-17(21)14-22-18/h2-5,12,14,16H,6-11,13H2,1H3,(H,24,26). The van der Waals surface area contributed by atoms with Gasteiger partial charge < -0.3 is 19.7 Å². The number of hydrogen-bond donors (Lipinski definition) is 1. The molecule has 1 N–H and O–H groups in total. The average Bonchev–Trinajstić information content (AvgIpc) is 2.74. The molecule has 7 nitrogen and oxygen atoms in total. The second-order valence-electron chi connectivity index (χ2n) is 6.66. The van der Waals surface area contributed by atoms with Gasteiger partial charge in [0.1, 0.15) is 12.4 Å². The lowest BCUT2D eigenvalue weighted by Crippen LogP contribution is -2.40. The number of anilines is 1. The monoisotopic (exact) mass is 404 g/mol. The Labute approximate surface area is 170 Å². The van der Waals surface area contributed by atoms with Gasteiger partial charge in [-0.1, -0.05) is 17.7 Å². The van der Waals surface area contributed by atoms with Crippen LogP contribution in [-0.4, -0.2) is 49.3 Å². The van der Waals surface area contributed by atoms with E-state index in [1.54, 1.807) is 25.6 Å². The molecule has 2 aromatic rings. The summed E-state index contributed by atoms with van der Waals surface area (Å²) in [5.41, 5.74) is 0.940. The lowest BCUT2D eigenvalue weighted by molar-refractivity contribution is -0.125. The molecule has 3 heterocycles. The lowest BCUT2D eigenvalue weighted by atomic mass is 9.96. The molecule has 0 saturated carbocycles. The normalized spacial score (nSPS) is 14.7. The number of rotatable bonds is 8. The maximum absolute atomic E-state index is 12.5. The van der Waals surface area contributed by atoms with Crippen LogP contribution in [0.25, 0.3) is 0 Å². The molecule has 0 aliphatic carbocycles. The molecule has 1 saturated heterocycles. The largest absolute Gasteiger partial charge is 0.475 e. The van der Waals surface area contributed by atoms with Gasteiger partial charge in [0.25, 0.3) is 0 Å². The van der Waals surface area contributed by atoms with Crippen LogP contribution in [0.4, 0.5) is 5.82 Å². The zero-order valence-corrected chi connectivity index (χ0v) is 16.7. The van der Waals surface area contributed by atoms with E-state index in [0.29, 0.717) is 30.7 Å². The number of carbonyl (C=O) groups excluding carboxylic acids is 1. The quantitative estimate of drug-likeness (QED) is 0.682. The fourth-order valence-electron chi connectivity index (χ4n) is 3.09. The van der Waals surface area contributed by atoms with E-state index in [4.69, 9.17) is 21.1 Å². The number of carbonyl (C=O) groups is 1. The molecule has 1 aliphatic heterocycles. The van der Waals surface area contributed by atoms with Crippen molar-refractivity contribution in [2.24, 2.45) is 5.92 Å². The maximum Gasteiger partial charge on any atom is 0.223 e. The fraction of sp³-hybridized carbons (Fsp3) is 0.450. The van der Waals surface area contributed by atoms with E-state index >= 15 is 0 Å². The van der Waals surface area contributed by atoms with Crippen LogP contribution in [-0.2, 0) is 16.1 Å². The number of ether oxygens (including phenoxy) is 2. The van der Waals surface area contributed by atoms with Crippen molar-refractivity contribution in [3.63, 3.8) is 0 Å². The molecular weight excluding hydrogens is 380 g/mol. The van der Waals surface area contributed by atoms with E-state index in [1.807, 2.05) is 18.2 Å². The Bertz CT molecular complexity index is 747. The Morgan fingerprint density at radius 1 is 1.18 bits per heavy atom. The number of nitrogens with one attached hydrogen (secondary N) is 1. The predicted octanol–water partition coefficient (Wildman–Crippen LogP) is 2.69. The van der Waals surface area contributed by atoms with Gasteiger partial charge in [0, 0.05) is 51.1 Å². The number of halogens is 1. The molecule has 1 aliphatic rings. The zero-order valence-electron chi connectivity index (χ0n) is 15.9. The van der Waals surface area contributed by atoms with Gasteiger partial charge in [0.05, 0.1) is 11.6 Å². The van der Waals surface area contributed by atoms with Gasteiger partial charge in [0.2, 0.25) is 11.8 Å². The molecule has 2 aromatic heterocycles. The molecule has 1 fully saturated rings. The van der Waals surface area contributed by atoms with Crippen LogP contribution in [0.2, 0.25) is 5.02 Å². The number of methoxy groups -OCH3 is 1. The molecule has 0 atom stereocenters. The van der Waals surface area contributed by atoms with Crippen molar-refractivity contribution in [2.45, 2.75) is 19.4 Å². The highest BCUT2D eigenvalue weighted by Crippen LogP contribution is 2.23. The van der Waals surface area contributed by atoms with Crippen LogP contribution < -0.4 is 15.0 Å². The highest BCUT2D eigenvalue weighted by molar-refractivity contribution is 6.30. The Morgan fingerprint density at radius 3 is 2.64 bits per heavy atom. The molecule has 28 heavy (non-hydrogen) atoms. The number of hydrogen-bond acceptors (Lipinski definition) is 6. The van der Waals surface area contributed by atoms with E-state index in [-0.39, 0.29) is 11.8 Å². The van der Waals surface area contributed by atoms with Gasteiger partial charge in [-0.3, -0.25) is 4.79 Å². The fourth-order valence-corrected chi connectivity index (χ4v) is 3.20. The van der Waals surface area contributed by atoms with Crippen molar-refractivity contribution in [1.29, 1.82) is 0 Å². The maximum atomic E-state index is 12.5. The van der Waals surface area contributed by atoms with E-state index in [2.05, 4.69) is 20.2 Å². The Balaban J connectivity index is 1.41. The Hall–Kier alpha value is -2.38.